The van der Waals surface area contributed by atoms with Crippen LogP contribution < -0.4 is 0 Å². The summed E-state index contributed by atoms with van der Waals surface area (Å²) in [4.78, 5) is 2.15. The van der Waals surface area contributed by atoms with Crippen molar-refractivity contribution in [2.45, 2.75) is 13.3 Å². The maximum atomic E-state index is 3.96. The molecule has 0 aliphatic rings. The molecule has 0 radical (unpaired) electrons. The van der Waals surface area contributed by atoms with Crippen molar-refractivity contribution in [2.75, 3.05) is 33.7 Å². The highest BCUT2D eigenvalue weighted by molar-refractivity contribution is 5.85. The largest absolute Gasteiger partial charge is 0.309 e. The molecular weight excluding hydrogens is 162 g/mol. The second-order valence-corrected chi connectivity index (χ2v) is 2.48. The van der Waals surface area contributed by atoms with E-state index >= 15 is 0 Å². The minimum Gasteiger partial charge on any atom is -0.309 e. The normalized spacial score (nSPS) is 10.5. The zero-order chi connectivity index (χ0) is 7.82. The Morgan fingerprint density at radius 1 is 1.18 bits per heavy atom. The molecule has 0 aliphatic heterocycles. The van der Waals surface area contributed by atoms with E-state index in [2.05, 4.69) is 29.2 Å². The van der Waals surface area contributed by atoms with E-state index in [9.17, 15) is 0 Å². The predicted octanol–water partition coefficient (Wildman–Crippen LogP) is 1.83. The van der Waals surface area contributed by atoms with Gasteiger partial charge in [-0.15, -0.1) is 12.4 Å². The molecule has 0 atom stereocenters. The Hall–Kier alpha value is -0.150. The maximum Gasteiger partial charge on any atom is 0.0611 e. The third-order valence-corrected chi connectivity index (χ3v) is 1.10. The number of hydrogen-bond acceptors (Lipinski definition) is 3. The topological polar surface area (TPSA) is 28.0 Å². The van der Waals surface area contributed by atoms with E-state index in [0.717, 1.165) is 26.1 Å². The van der Waals surface area contributed by atoms with Crippen LogP contribution in [0.2, 0.25) is 0 Å². The highest BCUT2D eigenvalue weighted by Crippen LogP contribution is 1.84. The molecule has 3 nitrogen and oxygen atoms in total. The summed E-state index contributed by atoms with van der Waals surface area (Å²) in [5.41, 5.74) is 0. The molecule has 0 aromatic heterocycles. The van der Waals surface area contributed by atoms with Gasteiger partial charge in [0.05, 0.1) is 13.1 Å². The van der Waals surface area contributed by atoms with Crippen LogP contribution in [-0.4, -0.2) is 38.6 Å². The van der Waals surface area contributed by atoms with Crippen molar-refractivity contribution < 1.29 is 0 Å². The molecule has 0 aromatic carbocycles. The molecule has 11 heavy (non-hydrogen) atoms. The molecule has 0 fully saturated rings. The van der Waals surface area contributed by atoms with E-state index in [0.29, 0.717) is 0 Å². The van der Waals surface area contributed by atoms with Crippen LogP contribution in [0.1, 0.15) is 13.3 Å². The quantitative estimate of drug-likeness (QED) is 0.468. The van der Waals surface area contributed by atoms with Gasteiger partial charge >= 0.3 is 0 Å². The summed E-state index contributed by atoms with van der Waals surface area (Å²) in [5.74, 6) is 0. The fourth-order valence-corrected chi connectivity index (χ4v) is 0.628. The van der Waals surface area contributed by atoms with Gasteiger partial charge in [-0.25, -0.2) is 0 Å². The molecular formula is C7H18ClN3. The SMILES string of the molecule is CCN=NCCCN(C)C.Cl. The van der Waals surface area contributed by atoms with Gasteiger partial charge in [-0.3, -0.25) is 0 Å². The Kier molecular flexibility index (Phi) is 12.0. The first-order valence-electron chi connectivity index (χ1n) is 3.75. The van der Waals surface area contributed by atoms with Crippen LogP contribution in [0.4, 0.5) is 0 Å². The minimum atomic E-state index is 0. The Balaban J connectivity index is 0. The van der Waals surface area contributed by atoms with Crippen LogP contribution in [0.15, 0.2) is 10.2 Å². The molecule has 0 rings (SSSR count). The van der Waals surface area contributed by atoms with Gasteiger partial charge in [-0.2, -0.15) is 10.2 Å². The highest BCUT2D eigenvalue weighted by Gasteiger charge is 1.87. The summed E-state index contributed by atoms with van der Waals surface area (Å²) < 4.78 is 0. The summed E-state index contributed by atoms with van der Waals surface area (Å²) in [7, 11) is 4.13. The molecule has 0 bridgehead atoms. The first-order chi connectivity index (χ1) is 4.77. The van der Waals surface area contributed by atoms with E-state index in [1.165, 1.54) is 0 Å². The van der Waals surface area contributed by atoms with Gasteiger partial charge in [0.1, 0.15) is 0 Å². The lowest BCUT2D eigenvalue weighted by Crippen LogP contribution is -2.13. The van der Waals surface area contributed by atoms with E-state index < -0.39 is 0 Å². The average Bonchev–Trinajstić information content (AvgIpc) is 1.87. The van der Waals surface area contributed by atoms with Gasteiger partial charge in [0.25, 0.3) is 0 Å². The molecule has 0 saturated heterocycles. The van der Waals surface area contributed by atoms with Crippen LogP contribution in [0.5, 0.6) is 0 Å². The van der Waals surface area contributed by atoms with Crippen molar-refractivity contribution in [1.29, 1.82) is 0 Å². The molecule has 0 saturated carbocycles. The predicted molar refractivity (Wildman–Crippen MR) is 50.7 cm³/mol. The summed E-state index contributed by atoms with van der Waals surface area (Å²) in [6.07, 6.45) is 1.11. The molecule has 68 valence electrons. The fraction of sp³-hybridized carbons (Fsp3) is 1.00. The van der Waals surface area contributed by atoms with Crippen molar-refractivity contribution >= 4 is 12.4 Å². The van der Waals surface area contributed by atoms with Gasteiger partial charge in [-0.05, 0) is 34.0 Å². The third-order valence-electron chi connectivity index (χ3n) is 1.10. The average molecular weight is 180 g/mol. The molecule has 0 heterocycles. The molecule has 0 spiro atoms. The van der Waals surface area contributed by atoms with E-state index in [1.54, 1.807) is 0 Å². The van der Waals surface area contributed by atoms with Crippen molar-refractivity contribution in [3.05, 3.63) is 0 Å². The van der Waals surface area contributed by atoms with Crippen LogP contribution in [0, 0.1) is 0 Å². The van der Waals surface area contributed by atoms with Crippen LogP contribution in [0.3, 0.4) is 0 Å². The van der Waals surface area contributed by atoms with Crippen LogP contribution in [-0.2, 0) is 0 Å². The monoisotopic (exact) mass is 179 g/mol. The van der Waals surface area contributed by atoms with Gasteiger partial charge in [-0.1, -0.05) is 0 Å². The van der Waals surface area contributed by atoms with Crippen molar-refractivity contribution in [3.8, 4) is 0 Å². The Morgan fingerprint density at radius 3 is 2.27 bits per heavy atom. The Bertz CT molecular complexity index is 93.7. The van der Waals surface area contributed by atoms with E-state index in [1.807, 2.05) is 6.92 Å². The zero-order valence-electron chi connectivity index (χ0n) is 7.58. The lowest BCUT2D eigenvalue weighted by molar-refractivity contribution is 0.402. The lowest BCUT2D eigenvalue weighted by atomic mass is 10.4. The van der Waals surface area contributed by atoms with E-state index in [4.69, 9.17) is 0 Å². The first kappa shape index (κ1) is 13.4. The maximum absolute atomic E-state index is 3.96. The molecule has 0 N–H and O–H groups in total. The Morgan fingerprint density at radius 2 is 1.82 bits per heavy atom. The van der Waals surface area contributed by atoms with Crippen molar-refractivity contribution in [1.82, 2.24) is 4.90 Å². The summed E-state index contributed by atoms with van der Waals surface area (Å²) in [5, 5.41) is 7.84. The number of rotatable bonds is 5. The number of halogens is 1. The number of hydrogen-bond donors (Lipinski definition) is 0. The molecule has 0 unspecified atom stereocenters. The summed E-state index contributed by atoms with van der Waals surface area (Å²) >= 11 is 0. The fourth-order valence-electron chi connectivity index (χ4n) is 0.628. The molecule has 4 heteroatoms. The van der Waals surface area contributed by atoms with Gasteiger partial charge in [0.2, 0.25) is 0 Å². The summed E-state index contributed by atoms with van der Waals surface area (Å²) in [6, 6.07) is 0. The minimum absolute atomic E-state index is 0. The second-order valence-electron chi connectivity index (χ2n) is 2.48. The number of azo groups is 1. The second kappa shape index (κ2) is 9.85. The van der Waals surface area contributed by atoms with E-state index in [-0.39, 0.29) is 12.4 Å². The van der Waals surface area contributed by atoms with Crippen LogP contribution in [0.25, 0.3) is 0 Å². The third kappa shape index (κ3) is 12.9. The number of nitrogens with zero attached hydrogens (tertiary/aromatic N) is 3. The van der Waals surface area contributed by atoms with Gasteiger partial charge in [0.15, 0.2) is 0 Å². The lowest BCUT2D eigenvalue weighted by Gasteiger charge is -2.05. The van der Waals surface area contributed by atoms with Crippen molar-refractivity contribution in [2.24, 2.45) is 10.2 Å². The first-order valence-corrected chi connectivity index (χ1v) is 3.75. The van der Waals surface area contributed by atoms with Crippen molar-refractivity contribution in [3.63, 3.8) is 0 Å². The summed E-state index contributed by atoms with van der Waals surface area (Å²) in [6.45, 7) is 4.77. The molecule has 0 aromatic rings. The standard InChI is InChI=1S/C7H17N3.ClH/c1-4-8-9-6-5-7-10(2)3;/h4-7H2,1-3H3;1H. The van der Waals surface area contributed by atoms with Gasteiger partial charge in [0, 0.05) is 0 Å². The van der Waals surface area contributed by atoms with Gasteiger partial charge < -0.3 is 4.90 Å². The molecule has 0 amide bonds. The van der Waals surface area contributed by atoms with Crippen LogP contribution >= 0.6 is 12.4 Å². The zero-order valence-corrected chi connectivity index (χ0v) is 8.39. The molecule has 0 aliphatic carbocycles. The Labute approximate surface area is 75.3 Å². The smallest absolute Gasteiger partial charge is 0.0611 e. The highest BCUT2D eigenvalue weighted by atomic mass is 35.5.